The molecule has 1 N–H and O–H groups in total. The Kier molecular flexibility index (Phi) is 4.27. The minimum Gasteiger partial charge on any atom is -0.305 e. The second kappa shape index (κ2) is 5.96. The summed E-state index contributed by atoms with van der Waals surface area (Å²) in [5.74, 6) is 0. The Labute approximate surface area is 127 Å². The van der Waals surface area contributed by atoms with Gasteiger partial charge in [-0.3, -0.25) is 0 Å². The van der Waals surface area contributed by atoms with Gasteiger partial charge in [-0.2, -0.15) is 0 Å². The third-order valence-corrected chi connectivity index (χ3v) is 6.18. The average molecular weight is 312 g/mol. The van der Waals surface area contributed by atoms with Gasteiger partial charge in [-0.25, -0.2) is 0 Å². The van der Waals surface area contributed by atoms with E-state index in [-0.39, 0.29) is 0 Å². The van der Waals surface area contributed by atoms with Crippen LogP contribution in [0.15, 0.2) is 18.2 Å². The van der Waals surface area contributed by atoms with Crippen molar-refractivity contribution in [3.8, 4) is 0 Å². The lowest BCUT2D eigenvalue weighted by molar-refractivity contribution is 0.647. The van der Waals surface area contributed by atoms with Gasteiger partial charge in [-0.1, -0.05) is 18.5 Å². The summed E-state index contributed by atoms with van der Waals surface area (Å²) in [6.45, 7) is 3.14. The maximum Gasteiger partial charge on any atom is 0.0931 e. The topological polar surface area (TPSA) is 12.0 Å². The normalized spacial score (nSPS) is 16.3. The van der Waals surface area contributed by atoms with Crippen LogP contribution >= 0.6 is 34.3 Å². The third kappa shape index (κ3) is 2.89. The van der Waals surface area contributed by atoms with Crippen molar-refractivity contribution in [1.82, 2.24) is 5.32 Å². The Morgan fingerprint density at radius 2 is 2.05 bits per heavy atom. The molecular weight excluding hydrogens is 294 g/mol. The van der Waals surface area contributed by atoms with E-state index >= 15 is 0 Å². The van der Waals surface area contributed by atoms with E-state index in [0.29, 0.717) is 6.04 Å². The summed E-state index contributed by atoms with van der Waals surface area (Å²) in [7, 11) is 0. The Bertz CT molecular complexity index is 535. The van der Waals surface area contributed by atoms with Crippen LogP contribution in [0, 0.1) is 0 Å². The number of hydrogen-bond acceptors (Lipinski definition) is 3. The Morgan fingerprint density at radius 3 is 2.74 bits per heavy atom. The molecule has 2 aromatic heterocycles. The molecule has 3 rings (SSSR count). The first-order valence-corrected chi connectivity index (χ1v) is 8.89. The van der Waals surface area contributed by atoms with Crippen LogP contribution in [-0.4, -0.2) is 6.54 Å². The Hall–Kier alpha value is -0.350. The molecular formula is C15H18ClNS2. The molecule has 0 aromatic carbocycles. The SMILES string of the molecule is CCNC(c1ccc(Cl)s1)c1cc2c(s1)CCCC2. The molecule has 1 atom stereocenters. The summed E-state index contributed by atoms with van der Waals surface area (Å²) in [4.78, 5) is 4.38. The van der Waals surface area contributed by atoms with E-state index in [0.717, 1.165) is 10.9 Å². The molecule has 0 spiro atoms. The van der Waals surface area contributed by atoms with Crippen LogP contribution in [-0.2, 0) is 12.8 Å². The fourth-order valence-electron chi connectivity index (χ4n) is 2.68. The summed E-state index contributed by atoms with van der Waals surface area (Å²) in [6.07, 6.45) is 5.23. The second-order valence-corrected chi connectivity index (χ2v) is 7.85. The molecule has 1 nitrogen and oxygen atoms in total. The van der Waals surface area contributed by atoms with E-state index in [4.69, 9.17) is 11.6 Å². The van der Waals surface area contributed by atoms with Crippen molar-refractivity contribution in [3.63, 3.8) is 0 Å². The monoisotopic (exact) mass is 311 g/mol. The highest BCUT2D eigenvalue weighted by Gasteiger charge is 2.21. The zero-order valence-electron chi connectivity index (χ0n) is 11.0. The molecule has 1 aliphatic rings. The van der Waals surface area contributed by atoms with Gasteiger partial charge in [0.25, 0.3) is 0 Å². The van der Waals surface area contributed by atoms with Gasteiger partial charge in [-0.05, 0) is 56.0 Å². The molecule has 1 unspecified atom stereocenters. The zero-order valence-corrected chi connectivity index (χ0v) is 13.4. The van der Waals surface area contributed by atoms with E-state index in [2.05, 4.69) is 24.4 Å². The molecule has 0 amide bonds. The van der Waals surface area contributed by atoms with Crippen molar-refractivity contribution in [1.29, 1.82) is 0 Å². The van der Waals surface area contributed by atoms with Crippen LogP contribution in [0.4, 0.5) is 0 Å². The maximum absolute atomic E-state index is 6.09. The number of nitrogens with one attached hydrogen (secondary N) is 1. The van der Waals surface area contributed by atoms with Gasteiger partial charge in [0.05, 0.1) is 10.4 Å². The number of halogens is 1. The third-order valence-electron chi connectivity index (χ3n) is 3.59. The highest BCUT2D eigenvalue weighted by atomic mass is 35.5. The molecule has 0 saturated heterocycles. The van der Waals surface area contributed by atoms with E-state index in [1.807, 2.05) is 17.4 Å². The smallest absolute Gasteiger partial charge is 0.0931 e. The number of rotatable bonds is 4. The largest absolute Gasteiger partial charge is 0.305 e. The highest BCUT2D eigenvalue weighted by Crippen LogP contribution is 2.38. The van der Waals surface area contributed by atoms with Crippen LogP contribution in [0.2, 0.25) is 4.34 Å². The standard InChI is InChI=1S/C15H18ClNS2/c1-2-17-15(12-7-8-14(16)19-12)13-9-10-5-3-4-6-11(10)18-13/h7-9,15,17H,2-6H2,1H3. The summed E-state index contributed by atoms with van der Waals surface area (Å²) >= 11 is 9.76. The predicted molar refractivity (Wildman–Crippen MR) is 85.8 cm³/mol. The van der Waals surface area contributed by atoms with Crippen molar-refractivity contribution in [2.75, 3.05) is 6.54 Å². The van der Waals surface area contributed by atoms with Crippen molar-refractivity contribution in [3.05, 3.63) is 42.7 Å². The first-order chi connectivity index (χ1) is 9.28. The fraction of sp³-hybridized carbons (Fsp3) is 0.467. The van der Waals surface area contributed by atoms with Gasteiger partial charge in [0, 0.05) is 14.6 Å². The predicted octanol–water partition coefficient (Wildman–Crippen LogP) is 5.04. The molecule has 2 heterocycles. The summed E-state index contributed by atoms with van der Waals surface area (Å²) < 4.78 is 0.874. The minimum absolute atomic E-state index is 0.318. The number of hydrogen-bond donors (Lipinski definition) is 1. The Balaban J connectivity index is 1.93. The van der Waals surface area contributed by atoms with Crippen LogP contribution in [0.3, 0.4) is 0 Å². The molecule has 0 fully saturated rings. The fourth-order valence-corrected chi connectivity index (χ4v) is 5.27. The summed E-state index contributed by atoms with van der Waals surface area (Å²) in [5, 5.41) is 3.60. The Morgan fingerprint density at radius 1 is 1.21 bits per heavy atom. The van der Waals surface area contributed by atoms with Gasteiger partial charge < -0.3 is 5.32 Å². The molecule has 0 radical (unpaired) electrons. The number of aryl methyl sites for hydroxylation is 2. The van der Waals surface area contributed by atoms with E-state index in [1.165, 1.54) is 35.4 Å². The van der Waals surface area contributed by atoms with Crippen molar-refractivity contribution in [2.45, 2.75) is 38.6 Å². The van der Waals surface area contributed by atoms with Gasteiger partial charge in [0.2, 0.25) is 0 Å². The average Bonchev–Trinajstić information content (AvgIpc) is 3.01. The highest BCUT2D eigenvalue weighted by molar-refractivity contribution is 7.16. The molecule has 2 aromatic rings. The quantitative estimate of drug-likeness (QED) is 0.834. The van der Waals surface area contributed by atoms with Crippen molar-refractivity contribution < 1.29 is 0 Å². The molecule has 1 aliphatic carbocycles. The van der Waals surface area contributed by atoms with Gasteiger partial charge in [0.15, 0.2) is 0 Å². The molecule has 102 valence electrons. The van der Waals surface area contributed by atoms with Crippen LogP contribution < -0.4 is 5.32 Å². The zero-order chi connectivity index (χ0) is 13.2. The first-order valence-electron chi connectivity index (χ1n) is 6.88. The summed E-state index contributed by atoms with van der Waals surface area (Å²) in [5.41, 5.74) is 1.58. The van der Waals surface area contributed by atoms with Crippen LogP contribution in [0.5, 0.6) is 0 Å². The molecule has 0 saturated carbocycles. The molecule has 19 heavy (non-hydrogen) atoms. The van der Waals surface area contributed by atoms with Crippen molar-refractivity contribution in [2.24, 2.45) is 0 Å². The second-order valence-electron chi connectivity index (χ2n) is 4.94. The lowest BCUT2D eigenvalue weighted by Crippen LogP contribution is -2.20. The van der Waals surface area contributed by atoms with Gasteiger partial charge >= 0.3 is 0 Å². The van der Waals surface area contributed by atoms with E-state index < -0.39 is 0 Å². The first kappa shape index (κ1) is 13.6. The van der Waals surface area contributed by atoms with E-state index in [1.54, 1.807) is 21.8 Å². The molecule has 0 bridgehead atoms. The number of fused-ring (bicyclic) bond motifs is 1. The number of thiophene rings is 2. The minimum atomic E-state index is 0.318. The summed E-state index contributed by atoms with van der Waals surface area (Å²) in [6, 6.07) is 6.89. The van der Waals surface area contributed by atoms with E-state index in [9.17, 15) is 0 Å². The lowest BCUT2D eigenvalue weighted by Gasteiger charge is -2.14. The lowest BCUT2D eigenvalue weighted by atomic mass is 9.98. The van der Waals surface area contributed by atoms with Gasteiger partial charge in [0.1, 0.15) is 0 Å². The van der Waals surface area contributed by atoms with Crippen molar-refractivity contribution >= 4 is 34.3 Å². The molecule has 0 aliphatic heterocycles. The molecule has 4 heteroatoms. The van der Waals surface area contributed by atoms with Crippen LogP contribution in [0.1, 0.15) is 46.0 Å². The maximum atomic E-state index is 6.09. The van der Waals surface area contributed by atoms with Gasteiger partial charge in [-0.15, -0.1) is 22.7 Å². The van der Waals surface area contributed by atoms with Crippen LogP contribution in [0.25, 0.3) is 0 Å².